The van der Waals surface area contributed by atoms with Crippen molar-refractivity contribution < 1.29 is 0 Å². The van der Waals surface area contributed by atoms with Crippen molar-refractivity contribution in [3.63, 3.8) is 0 Å². The summed E-state index contributed by atoms with van der Waals surface area (Å²) < 4.78 is 2.04. The summed E-state index contributed by atoms with van der Waals surface area (Å²) in [7, 11) is 1.99. The van der Waals surface area contributed by atoms with Gasteiger partial charge < -0.3 is 4.57 Å². The lowest BCUT2D eigenvalue weighted by molar-refractivity contribution is 0.947. The summed E-state index contributed by atoms with van der Waals surface area (Å²) in [5.74, 6) is 0. The fourth-order valence-corrected chi connectivity index (χ4v) is 2.06. The van der Waals surface area contributed by atoms with E-state index in [0.717, 1.165) is 11.1 Å². The predicted octanol–water partition coefficient (Wildman–Crippen LogP) is 3.06. The maximum Gasteiger partial charge on any atom is 0.108 e. The van der Waals surface area contributed by atoms with Crippen molar-refractivity contribution in [2.24, 2.45) is 12.2 Å². The summed E-state index contributed by atoms with van der Waals surface area (Å²) in [4.78, 5) is 10.4. The molecule has 3 nitrogen and oxygen atoms in total. The third-order valence-electron chi connectivity index (χ3n) is 3.00. The molecule has 0 N–H and O–H groups in total. The molecule has 0 aliphatic heterocycles. The third-order valence-corrected chi connectivity index (χ3v) is 3.00. The Balaban J connectivity index is 2.82. The van der Waals surface area contributed by atoms with Crippen LogP contribution in [0.25, 0.3) is 10.9 Å². The van der Waals surface area contributed by atoms with Crippen molar-refractivity contribution in [3.05, 3.63) is 39.9 Å². The molecule has 0 bridgehead atoms. The molecule has 0 aliphatic rings. The van der Waals surface area contributed by atoms with Gasteiger partial charge in [-0.25, -0.2) is 0 Å². The van der Waals surface area contributed by atoms with Crippen molar-refractivity contribution in [1.29, 1.82) is 0 Å². The highest BCUT2D eigenvalue weighted by molar-refractivity contribution is 5.88. The number of aryl methyl sites for hydroxylation is 3. The second-order valence-corrected chi connectivity index (χ2v) is 3.95. The number of aromatic nitrogens is 1. The van der Waals surface area contributed by atoms with E-state index < -0.39 is 0 Å². The number of benzene rings is 1. The van der Waals surface area contributed by atoms with Crippen LogP contribution in [0.5, 0.6) is 0 Å². The predicted molar refractivity (Wildman–Crippen MR) is 61.9 cm³/mol. The summed E-state index contributed by atoms with van der Waals surface area (Å²) in [5, 5.41) is 4.15. The van der Waals surface area contributed by atoms with Gasteiger partial charge in [-0.1, -0.05) is 11.2 Å². The molecular formula is C12H14N2O. The first kappa shape index (κ1) is 9.90. The molecule has 1 aromatic heterocycles. The molecular weight excluding hydrogens is 188 g/mol. The Bertz CT molecular complexity index is 526. The van der Waals surface area contributed by atoms with Gasteiger partial charge >= 0.3 is 0 Å². The van der Waals surface area contributed by atoms with Crippen LogP contribution in [-0.2, 0) is 13.6 Å². The number of nitrogens with zero attached hydrogens (tertiary/aromatic N) is 2. The van der Waals surface area contributed by atoms with E-state index in [-0.39, 0.29) is 6.54 Å². The van der Waals surface area contributed by atoms with Gasteiger partial charge in [0.25, 0.3) is 0 Å². The van der Waals surface area contributed by atoms with Gasteiger partial charge in [-0.3, -0.25) is 0 Å². The maximum atomic E-state index is 10.4. The Morgan fingerprint density at radius 2 is 2.07 bits per heavy atom. The van der Waals surface area contributed by atoms with Crippen LogP contribution < -0.4 is 0 Å². The number of fused-ring (bicyclic) bond motifs is 1. The molecule has 0 radical (unpaired) electrons. The summed E-state index contributed by atoms with van der Waals surface area (Å²) >= 11 is 0. The molecule has 1 heterocycles. The van der Waals surface area contributed by atoms with Crippen molar-refractivity contribution in [2.45, 2.75) is 20.4 Å². The SMILES string of the molecule is Cc1ccc2c(c(CN=O)cn2C)c1C. The third kappa shape index (κ3) is 1.44. The number of hydrogen-bond acceptors (Lipinski definition) is 2. The molecule has 0 unspecified atom stereocenters. The molecule has 15 heavy (non-hydrogen) atoms. The van der Waals surface area contributed by atoms with Crippen LogP contribution in [0.1, 0.15) is 16.7 Å². The average Bonchev–Trinajstić information content (AvgIpc) is 2.51. The zero-order valence-corrected chi connectivity index (χ0v) is 9.24. The molecule has 0 saturated heterocycles. The smallest absolute Gasteiger partial charge is 0.108 e. The minimum Gasteiger partial charge on any atom is -0.350 e. The van der Waals surface area contributed by atoms with E-state index in [1.54, 1.807) is 0 Å². The fraction of sp³-hybridized carbons (Fsp3) is 0.333. The normalized spacial score (nSPS) is 10.9. The highest BCUT2D eigenvalue weighted by Gasteiger charge is 2.10. The first-order chi connectivity index (χ1) is 7.15. The van der Waals surface area contributed by atoms with Gasteiger partial charge in [0, 0.05) is 29.7 Å². The van der Waals surface area contributed by atoms with Gasteiger partial charge in [-0.2, -0.15) is 4.91 Å². The molecule has 1 aromatic carbocycles. The van der Waals surface area contributed by atoms with Crippen LogP contribution in [-0.4, -0.2) is 4.57 Å². The maximum absolute atomic E-state index is 10.4. The molecule has 0 saturated carbocycles. The van der Waals surface area contributed by atoms with Crippen LogP contribution in [0.2, 0.25) is 0 Å². The van der Waals surface area contributed by atoms with E-state index in [0.29, 0.717) is 0 Å². The van der Waals surface area contributed by atoms with Crippen LogP contribution in [0, 0.1) is 18.8 Å². The summed E-state index contributed by atoms with van der Waals surface area (Å²) in [5.41, 5.74) is 4.67. The number of rotatable bonds is 2. The molecule has 0 aliphatic carbocycles. The van der Waals surface area contributed by atoms with Crippen molar-refractivity contribution in [3.8, 4) is 0 Å². The van der Waals surface area contributed by atoms with Gasteiger partial charge in [0.05, 0.1) is 0 Å². The summed E-state index contributed by atoms with van der Waals surface area (Å²) in [6.45, 7) is 4.42. The Morgan fingerprint density at radius 1 is 1.33 bits per heavy atom. The minimum absolute atomic E-state index is 0.252. The van der Waals surface area contributed by atoms with Crippen molar-refractivity contribution in [1.82, 2.24) is 4.57 Å². The van der Waals surface area contributed by atoms with Gasteiger partial charge in [-0.15, -0.1) is 0 Å². The Kier molecular flexibility index (Phi) is 2.31. The monoisotopic (exact) mass is 202 g/mol. The zero-order chi connectivity index (χ0) is 11.0. The van der Waals surface area contributed by atoms with Crippen molar-refractivity contribution in [2.75, 3.05) is 0 Å². The van der Waals surface area contributed by atoms with E-state index >= 15 is 0 Å². The van der Waals surface area contributed by atoms with E-state index in [2.05, 4.69) is 31.2 Å². The molecule has 0 amide bonds. The highest BCUT2D eigenvalue weighted by Crippen LogP contribution is 2.26. The second kappa shape index (κ2) is 3.50. The Labute approximate surface area is 88.7 Å². The lowest BCUT2D eigenvalue weighted by Crippen LogP contribution is -1.86. The Hall–Kier alpha value is -1.64. The zero-order valence-electron chi connectivity index (χ0n) is 9.24. The van der Waals surface area contributed by atoms with Crippen LogP contribution in [0.3, 0.4) is 0 Å². The van der Waals surface area contributed by atoms with Gasteiger partial charge in [-0.05, 0) is 31.0 Å². The first-order valence-electron chi connectivity index (χ1n) is 4.98. The topological polar surface area (TPSA) is 34.4 Å². The standard InChI is InChI=1S/C12H14N2O/c1-8-4-5-11-12(9(8)2)10(6-13-15)7-14(11)3/h4-5,7H,6H2,1-3H3. The van der Waals surface area contributed by atoms with E-state index in [1.807, 2.05) is 17.8 Å². The largest absolute Gasteiger partial charge is 0.350 e. The van der Waals surface area contributed by atoms with Crippen LogP contribution in [0.15, 0.2) is 23.5 Å². The second-order valence-electron chi connectivity index (χ2n) is 3.95. The average molecular weight is 202 g/mol. The van der Waals surface area contributed by atoms with E-state index in [9.17, 15) is 4.91 Å². The molecule has 3 heteroatoms. The minimum atomic E-state index is 0.252. The summed E-state index contributed by atoms with van der Waals surface area (Å²) in [6, 6.07) is 4.20. The van der Waals surface area contributed by atoms with Gasteiger partial charge in [0.2, 0.25) is 0 Å². The van der Waals surface area contributed by atoms with E-state index in [4.69, 9.17) is 0 Å². The first-order valence-corrected chi connectivity index (χ1v) is 4.98. The van der Waals surface area contributed by atoms with Gasteiger partial charge in [0.1, 0.15) is 6.54 Å². The molecule has 0 spiro atoms. The molecule has 2 aromatic rings. The molecule has 0 atom stereocenters. The van der Waals surface area contributed by atoms with Crippen molar-refractivity contribution >= 4 is 10.9 Å². The number of nitroso groups, excluding NO2 is 1. The van der Waals surface area contributed by atoms with E-state index in [1.165, 1.54) is 16.5 Å². The molecule has 2 rings (SSSR count). The highest BCUT2D eigenvalue weighted by atomic mass is 16.3. The van der Waals surface area contributed by atoms with Gasteiger partial charge in [0.15, 0.2) is 0 Å². The van der Waals surface area contributed by atoms with Crippen LogP contribution in [0.4, 0.5) is 0 Å². The lowest BCUT2D eigenvalue weighted by Gasteiger charge is -2.03. The fourth-order valence-electron chi connectivity index (χ4n) is 2.06. The molecule has 0 fully saturated rings. The molecule has 78 valence electrons. The Morgan fingerprint density at radius 3 is 2.73 bits per heavy atom. The van der Waals surface area contributed by atoms with Crippen LogP contribution >= 0.6 is 0 Å². The lowest BCUT2D eigenvalue weighted by atomic mass is 10.0. The number of hydrogen-bond donors (Lipinski definition) is 0. The quantitative estimate of drug-likeness (QED) is 0.689. The summed E-state index contributed by atoms with van der Waals surface area (Å²) in [6.07, 6.45) is 1.98.